The van der Waals surface area contributed by atoms with Crippen molar-refractivity contribution in [1.29, 1.82) is 0 Å². The van der Waals surface area contributed by atoms with Gasteiger partial charge >= 0.3 is 0 Å². The summed E-state index contributed by atoms with van der Waals surface area (Å²) in [4.78, 5) is 28.4. The molecule has 0 saturated heterocycles. The minimum atomic E-state index is -0.599. The Bertz CT molecular complexity index is 999. The summed E-state index contributed by atoms with van der Waals surface area (Å²) < 4.78 is 0. The predicted octanol–water partition coefficient (Wildman–Crippen LogP) is 4.91. The lowest BCUT2D eigenvalue weighted by Crippen LogP contribution is -2.51. The fraction of sp³-hybridized carbons (Fsp3) is 0.286. The molecule has 3 rings (SSSR count). The summed E-state index contributed by atoms with van der Waals surface area (Å²) in [5, 5.41) is 3.07. The lowest BCUT2D eigenvalue weighted by Gasteiger charge is -2.32. The average molecular weight is 429 g/mol. The van der Waals surface area contributed by atoms with Crippen molar-refractivity contribution >= 4 is 11.8 Å². The third kappa shape index (κ3) is 6.55. The second kappa shape index (κ2) is 11.3. The van der Waals surface area contributed by atoms with E-state index in [0.717, 1.165) is 16.7 Å². The number of nitrogens with zero attached hydrogens (tertiary/aromatic N) is 1. The summed E-state index contributed by atoms with van der Waals surface area (Å²) in [7, 11) is 0. The quantitative estimate of drug-likeness (QED) is 0.527. The number of rotatable bonds is 9. The third-order valence-corrected chi connectivity index (χ3v) is 5.51. The zero-order valence-electron chi connectivity index (χ0n) is 19.1. The van der Waals surface area contributed by atoms with Gasteiger partial charge in [-0.3, -0.25) is 9.59 Å². The largest absolute Gasteiger partial charge is 0.350 e. The number of nitrogens with one attached hydrogen (secondary N) is 1. The first-order valence-electron chi connectivity index (χ1n) is 11.2. The number of aryl methyl sites for hydroxylation is 1. The smallest absolute Gasteiger partial charge is 0.243 e. The highest BCUT2D eigenvalue weighted by Gasteiger charge is 2.31. The predicted molar refractivity (Wildman–Crippen MR) is 129 cm³/mol. The molecule has 0 aliphatic rings. The molecule has 1 unspecified atom stereocenters. The Morgan fingerprint density at radius 1 is 0.781 bits per heavy atom. The molecular weight excluding hydrogens is 396 g/mol. The zero-order chi connectivity index (χ0) is 22.9. The highest BCUT2D eigenvalue weighted by Crippen LogP contribution is 2.17. The van der Waals surface area contributed by atoms with Crippen LogP contribution >= 0.6 is 0 Å². The molecule has 3 aromatic rings. The van der Waals surface area contributed by atoms with Gasteiger partial charge in [0.15, 0.2) is 0 Å². The highest BCUT2D eigenvalue weighted by atomic mass is 16.2. The molecule has 32 heavy (non-hydrogen) atoms. The van der Waals surface area contributed by atoms with Crippen LogP contribution in [0.25, 0.3) is 0 Å². The summed E-state index contributed by atoms with van der Waals surface area (Å²) in [6.45, 7) is 6.62. The van der Waals surface area contributed by atoms with Crippen molar-refractivity contribution in [2.24, 2.45) is 5.92 Å². The molecule has 166 valence electrons. The van der Waals surface area contributed by atoms with E-state index in [1.165, 1.54) is 5.56 Å². The van der Waals surface area contributed by atoms with Crippen LogP contribution in [0.1, 0.15) is 36.1 Å². The van der Waals surface area contributed by atoms with Crippen molar-refractivity contribution < 1.29 is 9.59 Å². The monoisotopic (exact) mass is 428 g/mol. The lowest BCUT2D eigenvalue weighted by molar-refractivity contribution is -0.143. The van der Waals surface area contributed by atoms with Crippen molar-refractivity contribution in [2.45, 2.75) is 46.3 Å². The fourth-order valence-electron chi connectivity index (χ4n) is 3.65. The summed E-state index contributed by atoms with van der Waals surface area (Å²) in [5.74, 6) is -0.374. The first kappa shape index (κ1) is 23.3. The number of hydrogen-bond acceptors (Lipinski definition) is 2. The van der Waals surface area contributed by atoms with Crippen LogP contribution < -0.4 is 5.32 Å². The van der Waals surface area contributed by atoms with Crippen LogP contribution in [-0.4, -0.2) is 22.8 Å². The van der Waals surface area contributed by atoms with Gasteiger partial charge in [-0.25, -0.2) is 0 Å². The average Bonchev–Trinajstić information content (AvgIpc) is 2.81. The van der Waals surface area contributed by atoms with Gasteiger partial charge in [-0.1, -0.05) is 104 Å². The third-order valence-electron chi connectivity index (χ3n) is 5.51. The number of amides is 2. The van der Waals surface area contributed by atoms with E-state index in [-0.39, 0.29) is 17.7 Å². The second-order valence-electron chi connectivity index (χ2n) is 8.52. The molecule has 0 radical (unpaired) electrons. The Morgan fingerprint density at radius 2 is 1.34 bits per heavy atom. The van der Waals surface area contributed by atoms with Gasteiger partial charge < -0.3 is 10.2 Å². The van der Waals surface area contributed by atoms with Gasteiger partial charge in [0.25, 0.3) is 0 Å². The lowest BCUT2D eigenvalue weighted by atomic mass is 10.0. The van der Waals surface area contributed by atoms with E-state index in [2.05, 4.69) is 5.32 Å². The van der Waals surface area contributed by atoms with E-state index in [0.29, 0.717) is 19.5 Å². The van der Waals surface area contributed by atoms with Crippen molar-refractivity contribution in [3.8, 4) is 0 Å². The van der Waals surface area contributed by atoms with E-state index >= 15 is 0 Å². The van der Waals surface area contributed by atoms with Crippen LogP contribution in [-0.2, 0) is 29.1 Å². The minimum Gasteiger partial charge on any atom is -0.350 e. The second-order valence-corrected chi connectivity index (χ2v) is 8.52. The maximum atomic E-state index is 13.4. The Morgan fingerprint density at radius 3 is 1.91 bits per heavy atom. The Kier molecular flexibility index (Phi) is 8.20. The Labute approximate surface area is 191 Å². The first-order valence-corrected chi connectivity index (χ1v) is 11.2. The van der Waals surface area contributed by atoms with E-state index in [4.69, 9.17) is 0 Å². The van der Waals surface area contributed by atoms with Crippen molar-refractivity contribution in [2.75, 3.05) is 0 Å². The Balaban J connectivity index is 1.87. The van der Waals surface area contributed by atoms with Gasteiger partial charge in [0.1, 0.15) is 6.04 Å². The summed E-state index contributed by atoms with van der Waals surface area (Å²) in [5.41, 5.74) is 4.24. The molecule has 3 aromatic carbocycles. The molecule has 1 atom stereocenters. The maximum Gasteiger partial charge on any atom is 0.243 e. The topological polar surface area (TPSA) is 49.4 Å². The summed E-state index contributed by atoms with van der Waals surface area (Å²) in [6, 6.07) is 27.2. The molecule has 0 saturated carbocycles. The highest BCUT2D eigenvalue weighted by molar-refractivity contribution is 5.88. The number of hydrogen-bond donors (Lipinski definition) is 1. The molecular formula is C28H32N2O2. The first-order chi connectivity index (χ1) is 15.4. The molecule has 2 amide bonds. The van der Waals surface area contributed by atoms with Crippen LogP contribution in [0.4, 0.5) is 0 Å². The number of benzene rings is 3. The molecule has 0 aliphatic heterocycles. The standard InChI is InChI=1S/C28H32N2O2/c1-21(2)28(32)30(20-25-12-8-5-9-13-25)26(18-23-10-6-4-7-11-23)27(31)29-19-24-16-14-22(3)15-17-24/h4-17,21,26H,18-20H2,1-3H3,(H,29,31). The van der Waals surface area contributed by atoms with Crippen LogP contribution in [0.5, 0.6) is 0 Å². The van der Waals surface area contributed by atoms with Gasteiger partial charge in [-0.2, -0.15) is 0 Å². The van der Waals surface area contributed by atoms with Crippen LogP contribution in [0.2, 0.25) is 0 Å². The van der Waals surface area contributed by atoms with E-state index < -0.39 is 6.04 Å². The summed E-state index contributed by atoms with van der Waals surface area (Å²) >= 11 is 0. The van der Waals surface area contributed by atoms with E-state index in [1.807, 2.05) is 106 Å². The van der Waals surface area contributed by atoms with Gasteiger partial charge in [0, 0.05) is 25.4 Å². The van der Waals surface area contributed by atoms with Crippen molar-refractivity contribution in [3.63, 3.8) is 0 Å². The molecule has 1 N–H and O–H groups in total. The SMILES string of the molecule is Cc1ccc(CNC(=O)C(Cc2ccccc2)N(Cc2ccccc2)C(=O)C(C)C)cc1. The van der Waals surface area contributed by atoms with Crippen molar-refractivity contribution in [1.82, 2.24) is 10.2 Å². The van der Waals surface area contributed by atoms with Gasteiger partial charge in [0.2, 0.25) is 11.8 Å². The molecule has 0 aliphatic carbocycles. The van der Waals surface area contributed by atoms with E-state index in [1.54, 1.807) is 4.90 Å². The summed E-state index contributed by atoms with van der Waals surface area (Å²) in [6.07, 6.45) is 0.464. The van der Waals surface area contributed by atoms with Crippen LogP contribution in [0, 0.1) is 12.8 Å². The molecule has 0 heterocycles. The molecule has 0 aromatic heterocycles. The molecule has 0 spiro atoms. The van der Waals surface area contributed by atoms with E-state index in [9.17, 15) is 9.59 Å². The van der Waals surface area contributed by atoms with Crippen molar-refractivity contribution in [3.05, 3.63) is 107 Å². The zero-order valence-corrected chi connectivity index (χ0v) is 19.1. The van der Waals surface area contributed by atoms with Gasteiger partial charge in [0.05, 0.1) is 0 Å². The maximum absolute atomic E-state index is 13.4. The van der Waals surface area contributed by atoms with Crippen LogP contribution in [0.3, 0.4) is 0 Å². The molecule has 4 heteroatoms. The normalized spacial score (nSPS) is 11.8. The van der Waals surface area contributed by atoms with Gasteiger partial charge in [-0.05, 0) is 23.6 Å². The molecule has 0 bridgehead atoms. The Hall–Kier alpha value is -3.40. The van der Waals surface area contributed by atoms with Gasteiger partial charge in [-0.15, -0.1) is 0 Å². The molecule has 4 nitrogen and oxygen atoms in total. The number of carbonyl (C=O) groups is 2. The fourth-order valence-corrected chi connectivity index (χ4v) is 3.65. The minimum absolute atomic E-state index is 0.0275. The number of carbonyl (C=O) groups excluding carboxylic acids is 2. The van der Waals surface area contributed by atoms with Crippen LogP contribution in [0.15, 0.2) is 84.9 Å². The molecule has 0 fully saturated rings.